The minimum absolute atomic E-state index is 0.0122. The predicted octanol–water partition coefficient (Wildman–Crippen LogP) is 1.05. The summed E-state index contributed by atoms with van der Waals surface area (Å²) in [4.78, 5) is 65.7. The molecule has 0 fully saturated rings. The number of H-pyrrole nitrogens is 1. The average Bonchev–Trinajstić information content (AvgIpc) is 3.36. The standard InChI is InChI=1S/C30H37N5O8/c1-16(2)26(35-27(39)21(31)14-18-15-32-22-6-4-3-5-20(18)22)29(41)33-23(11-12-25(37)38)28(40)34-24(30(42)43)13-17-7-9-19(36)10-8-17/h3-10,15-16,21,23-24,26,32,36H,11-14,31H2,1-2H3,(H,33,41)(H,34,40)(H,35,39)(H,37,38)(H,42,43). The van der Waals surface area contributed by atoms with E-state index >= 15 is 0 Å². The van der Waals surface area contributed by atoms with Gasteiger partial charge in [-0.15, -0.1) is 0 Å². The van der Waals surface area contributed by atoms with Gasteiger partial charge in [0.05, 0.1) is 6.04 Å². The number of carboxylic acids is 2. The lowest BCUT2D eigenvalue weighted by atomic mass is 10.00. The molecule has 43 heavy (non-hydrogen) atoms. The first-order valence-electron chi connectivity index (χ1n) is 13.8. The number of aromatic nitrogens is 1. The van der Waals surface area contributed by atoms with Crippen molar-refractivity contribution in [3.63, 3.8) is 0 Å². The number of para-hydroxylation sites is 1. The Morgan fingerprint density at radius 1 is 0.837 bits per heavy atom. The van der Waals surface area contributed by atoms with Gasteiger partial charge in [0, 0.05) is 29.9 Å². The van der Waals surface area contributed by atoms with Gasteiger partial charge in [-0.05, 0) is 48.1 Å². The Morgan fingerprint density at radius 3 is 2.12 bits per heavy atom. The summed E-state index contributed by atoms with van der Waals surface area (Å²) in [5.41, 5.74) is 8.41. The fraction of sp³-hybridized carbons (Fsp3) is 0.367. The Bertz CT molecular complexity index is 1450. The number of nitrogens with two attached hydrogens (primary N) is 1. The highest BCUT2D eigenvalue weighted by molar-refractivity contribution is 5.94. The molecule has 0 saturated carbocycles. The molecule has 0 aliphatic rings. The van der Waals surface area contributed by atoms with Gasteiger partial charge in [0.15, 0.2) is 0 Å². The number of benzene rings is 2. The van der Waals surface area contributed by atoms with Gasteiger partial charge < -0.3 is 42.0 Å². The number of aromatic amines is 1. The van der Waals surface area contributed by atoms with E-state index in [0.29, 0.717) is 5.56 Å². The zero-order valence-electron chi connectivity index (χ0n) is 23.9. The molecular weight excluding hydrogens is 558 g/mol. The number of carbonyl (C=O) groups is 5. The van der Waals surface area contributed by atoms with Crippen molar-refractivity contribution in [2.75, 3.05) is 0 Å². The fourth-order valence-electron chi connectivity index (χ4n) is 4.56. The van der Waals surface area contributed by atoms with Crippen molar-refractivity contribution in [2.45, 2.75) is 63.7 Å². The number of nitrogens with one attached hydrogen (secondary N) is 4. The number of carbonyl (C=O) groups excluding carboxylic acids is 3. The second-order valence-corrected chi connectivity index (χ2v) is 10.7. The molecule has 1 heterocycles. The van der Waals surface area contributed by atoms with Gasteiger partial charge in [0.2, 0.25) is 17.7 Å². The normalized spacial score (nSPS) is 14.0. The van der Waals surface area contributed by atoms with E-state index in [2.05, 4.69) is 20.9 Å². The molecule has 13 heteroatoms. The molecule has 0 aliphatic heterocycles. The minimum atomic E-state index is -1.40. The van der Waals surface area contributed by atoms with Gasteiger partial charge in [-0.3, -0.25) is 19.2 Å². The first kappa shape index (κ1) is 32.6. The second-order valence-electron chi connectivity index (χ2n) is 10.7. The van der Waals surface area contributed by atoms with E-state index in [4.69, 9.17) is 5.73 Å². The Hall–Kier alpha value is -4.91. The van der Waals surface area contributed by atoms with Crippen LogP contribution in [-0.4, -0.2) is 74.1 Å². The molecule has 3 rings (SSSR count). The number of aliphatic carboxylic acids is 2. The molecule has 0 radical (unpaired) electrons. The van der Waals surface area contributed by atoms with E-state index in [1.54, 1.807) is 20.0 Å². The van der Waals surface area contributed by atoms with Crippen LogP contribution >= 0.6 is 0 Å². The van der Waals surface area contributed by atoms with Crippen LogP contribution in [0, 0.1) is 5.92 Å². The molecule has 2 aromatic carbocycles. The van der Waals surface area contributed by atoms with Crippen LogP contribution in [0.15, 0.2) is 54.7 Å². The number of amides is 3. The monoisotopic (exact) mass is 595 g/mol. The van der Waals surface area contributed by atoms with Crippen molar-refractivity contribution in [1.82, 2.24) is 20.9 Å². The molecule has 230 valence electrons. The molecule has 0 bridgehead atoms. The first-order valence-corrected chi connectivity index (χ1v) is 13.8. The molecule has 3 aromatic rings. The number of rotatable bonds is 15. The van der Waals surface area contributed by atoms with Gasteiger partial charge in [0.25, 0.3) is 0 Å². The number of hydrogen-bond acceptors (Lipinski definition) is 7. The Balaban J connectivity index is 1.69. The average molecular weight is 596 g/mol. The number of hydrogen-bond donors (Lipinski definition) is 8. The van der Waals surface area contributed by atoms with Crippen LogP contribution in [0.2, 0.25) is 0 Å². The van der Waals surface area contributed by atoms with Crippen LogP contribution in [-0.2, 0) is 36.8 Å². The van der Waals surface area contributed by atoms with Gasteiger partial charge in [0.1, 0.15) is 23.9 Å². The quantitative estimate of drug-likeness (QED) is 0.125. The summed E-state index contributed by atoms with van der Waals surface area (Å²) >= 11 is 0. The molecule has 0 spiro atoms. The van der Waals surface area contributed by atoms with Gasteiger partial charge >= 0.3 is 11.9 Å². The number of fused-ring (bicyclic) bond motifs is 1. The third-order valence-electron chi connectivity index (χ3n) is 6.97. The predicted molar refractivity (Wildman–Crippen MR) is 157 cm³/mol. The fourth-order valence-corrected chi connectivity index (χ4v) is 4.56. The Kier molecular flexibility index (Phi) is 11.2. The number of aromatic hydroxyl groups is 1. The summed E-state index contributed by atoms with van der Waals surface area (Å²) in [6, 6.07) is 8.38. The summed E-state index contributed by atoms with van der Waals surface area (Å²) in [7, 11) is 0. The maximum absolute atomic E-state index is 13.3. The molecular formula is C30H37N5O8. The van der Waals surface area contributed by atoms with Crippen molar-refractivity contribution in [3.05, 3.63) is 65.9 Å². The maximum atomic E-state index is 13.3. The Labute approximate surface area is 247 Å². The van der Waals surface area contributed by atoms with E-state index in [1.165, 1.54) is 24.3 Å². The minimum Gasteiger partial charge on any atom is -0.508 e. The summed E-state index contributed by atoms with van der Waals surface area (Å²) in [5.74, 6) is -5.26. The molecule has 4 unspecified atom stereocenters. The van der Waals surface area contributed by atoms with Gasteiger partial charge in [-0.25, -0.2) is 4.79 Å². The summed E-state index contributed by atoms with van der Waals surface area (Å²) < 4.78 is 0. The van der Waals surface area contributed by atoms with Crippen molar-refractivity contribution in [2.24, 2.45) is 11.7 Å². The van der Waals surface area contributed by atoms with Crippen LogP contribution in [0.4, 0.5) is 0 Å². The smallest absolute Gasteiger partial charge is 0.326 e. The highest BCUT2D eigenvalue weighted by atomic mass is 16.4. The van der Waals surface area contributed by atoms with Gasteiger partial charge in [-0.2, -0.15) is 0 Å². The largest absolute Gasteiger partial charge is 0.508 e. The zero-order valence-corrected chi connectivity index (χ0v) is 23.9. The topological polar surface area (TPSA) is 224 Å². The highest BCUT2D eigenvalue weighted by Crippen LogP contribution is 2.19. The van der Waals surface area contributed by atoms with Crippen LogP contribution < -0.4 is 21.7 Å². The van der Waals surface area contributed by atoms with Crippen molar-refractivity contribution < 1.29 is 39.3 Å². The molecule has 3 amide bonds. The molecule has 13 nitrogen and oxygen atoms in total. The Morgan fingerprint density at radius 2 is 1.49 bits per heavy atom. The van der Waals surface area contributed by atoms with Crippen molar-refractivity contribution >= 4 is 40.6 Å². The van der Waals surface area contributed by atoms with E-state index in [1.807, 2.05) is 24.3 Å². The van der Waals surface area contributed by atoms with Gasteiger partial charge in [-0.1, -0.05) is 44.2 Å². The third kappa shape index (κ3) is 9.30. The van der Waals surface area contributed by atoms with Crippen LogP contribution in [0.1, 0.15) is 37.8 Å². The zero-order chi connectivity index (χ0) is 31.7. The first-order chi connectivity index (χ1) is 20.3. The molecule has 0 saturated heterocycles. The maximum Gasteiger partial charge on any atom is 0.326 e. The summed E-state index contributed by atoms with van der Waals surface area (Å²) in [6.45, 7) is 3.36. The van der Waals surface area contributed by atoms with Crippen molar-refractivity contribution in [3.8, 4) is 5.75 Å². The number of phenolic OH excluding ortho intramolecular Hbond substituents is 1. The van der Waals surface area contributed by atoms with Crippen LogP contribution in [0.5, 0.6) is 5.75 Å². The summed E-state index contributed by atoms with van der Waals surface area (Å²) in [6.07, 6.45) is 1.03. The van der Waals surface area contributed by atoms with Crippen LogP contribution in [0.25, 0.3) is 10.9 Å². The van der Waals surface area contributed by atoms with Crippen molar-refractivity contribution in [1.29, 1.82) is 0 Å². The molecule has 4 atom stereocenters. The second kappa shape index (κ2) is 14.8. The summed E-state index contributed by atoms with van der Waals surface area (Å²) in [5, 5.41) is 36.7. The highest BCUT2D eigenvalue weighted by Gasteiger charge is 2.32. The molecule has 0 aliphatic carbocycles. The third-order valence-corrected chi connectivity index (χ3v) is 6.97. The van der Waals surface area contributed by atoms with E-state index in [9.17, 15) is 39.3 Å². The van der Waals surface area contributed by atoms with Crippen LogP contribution in [0.3, 0.4) is 0 Å². The SMILES string of the molecule is CC(C)C(NC(=O)C(N)Cc1c[nH]c2ccccc12)C(=O)NC(CCC(=O)O)C(=O)NC(Cc1ccc(O)cc1)C(=O)O. The van der Waals surface area contributed by atoms with E-state index in [0.717, 1.165) is 16.5 Å². The van der Waals surface area contributed by atoms with E-state index in [-0.39, 0.29) is 25.0 Å². The molecule has 9 N–H and O–H groups in total. The number of carboxylic acid groups (broad SMARTS) is 2. The van der Waals surface area contributed by atoms with E-state index < -0.39 is 66.2 Å². The lowest BCUT2D eigenvalue weighted by Gasteiger charge is -2.27. The number of phenols is 1. The lowest BCUT2D eigenvalue weighted by Crippen LogP contribution is -2.58. The molecule has 1 aromatic heterocycles. The lowest BCUT2D eigenvalue weighted by molar-refractivity contribution is -0.143.